The van der Waals surface area contributed by atoms with E-state index in [0.29, 0.717) is 6.54 Å². The number of aromatic nitrogens is 2. The molecule has 0 bridgehead atoms. The van der Waals surface area contributed by atoms with Gasteiger partial charge in [-0.2, -0.15) is 0 Å². The van der Waals surface area contributed by atoms with Crippen molar-refractivity contribution < 1.29 is 4.79 Å². The van der Waals surface area contributed by atoms with Crippen molar-refractivity contribution in [2.75, 3.05) is 0 Å². The van der Waals surface area contributed by atoms with Gasteiger partial charge in [0, 0.05) is 25.1 Å². The lowest BCUT2D eigenvalue weighted by molar-refractivity contribution is -0.122. The van der Waals surface area contributed by atoms with Crippen molar-refractivity contribution in [1.82, 2.24) is 14.7 Å². The van der Waals surface area contributed by atoms with Gasteiger partial charge in [0.25, 0.3) is 0 Å². The van der Waals surface area contributed by atoms with Crippen molar-refractivity contribution in [3.8, 4) is 0 Å². The van der Waals surface area contributed by atoms with Crippen LogP contribution in [0, 0.1) is 0 Å². The maximum Gasteiger partial charge on any atom is 0.236 e. The largest absolute Gasteiger partial charge is 0.351 e. The molecule has 0 saturated carbocycles. The first-order chi connectivity index (χ1) is 7.66. The van der Waals surface area contributed by atoms with E-state index in [4.69, 9.17) is 5.73 Å². The average molecular weight is 218 g/mol. The second-order valence-electron chi connectivity index (χ2n) is 3.73. The molecule has 0 saturated heterocycles. The van der Waals surface area contributed by atoms with Crippen molar-refractivity contribution in [1.29, 1.82) is 0 Å². The average Bonchev–Trinajstić information content (AvgIpc) is 2.72. The zero-order chi connectivity index (χ0) is 11.5. The molecule has 1 atom stereocenters. The summed E-state index contributed by atoms with van der Waals surface area (Å²) in [6.07, 6.45) is 5.52. The van der Waals surface area contributed by atoms with Gasteiger partial charge >= 0.3 is 0 Å². The Morgan fingerprint density at radius 2 is 2.44 bits per heavy atom. The highest BCUT2D eigenvalue weighted by Crippen LogP contribution is 2.04. The molecular formula is C11H14N4O. The first-order valence-electron chi connectivity index (χ1n) is 5.12. The Kier molecular flexibility index (Phi) is 2.87. The van der Waals surface area contributed by atoms with Gasteiger partial charge in [0.2, 0.25) is 5.91 Å². The summed E-state index contributed by atoms with van der Waals surface area (Å²) in [5, 5.41) is 2.75. The lowest BCUT2D eigenvalue weighted by Gasteiger charge is -2.07. The molecule has 16 heavy (non-hydrogen) atoms. The van der Waals surface area contributed by atoms with Crippen LogP contribution in [0.1, 0.15) is 12.5 Å². The van der Waals surface area contributed by atoms with Crippen molar-refractivity contribution in [3.05, 3.63) is 36.3 Å². The van der Waals surface area contributed by atoms with Crippen molar-refractivity contribution in [2.24, 2.45) is 5.73 Å². The van der Waals surface area contributed by atoms with E-state index in [9.17, 15) is 4.79 Å². The molecule has 84 valence electrons. The molecule has 0 aromatic carbocycles. The first kappa shape index (κ1) is 10.6. The molecule has 2 aromatic rings. The number of hydrogen-bond acceptors (Lipinski definition) is 3. The monoisotopic (exact) mass is 218 g/mol. The number of hydrogen-bond donors (Lipinski definition) is 2. The van der Waals surface area contributed by atoms with Gasteiger partial charge in [-0.15, -0.1) is 0 Å². The molecule has 2 aromatic heterocycles. The Morgan fingerprint density at radius 3 is 3.19 bits per heavy atom. The predicted octanol–water partition coefficient (Wildman–Crippen LogP) is 0.298. The van der Waals surface area contributed by atoms with E-state index in [2.05, 4.69) is 10.3 Å². The standard InChI is InChI=1S/C11H14N4O/c1-8(12)11(16)14-7-9-2-4-15-5-3-13-10(15)6-9/h2-6,8H,7,12H2,1H3,(H,14,16). The van der Waals surface area contributed by atoms with Crippen molar-refractivity contribution >= 4 is 11.6 Å². The maximum atomic E-state index is 11.3. The van der Waals surface area contributed by atoms with Crippen molar-refractivity contribution in [2.45, 2.75) is 19.5 Å². The minimum atomic E-state index is -0.477. The van der Waals surface area contributed by atoms with Gasteiger partial charge < -0.3 is 15.5 Å². The van der Waals surface area contributed by atoms with Gasteiger partial charge in [-0.05, 0) is 24.6 Å². The molecule has 0 aliphatic carbocycles. The van der Waals surface area contributed by atoms with Crippen LogP contribution in [0.3, 0.4) is 0 Å². The van der Waals surface area contributed by atoms with Crippen LogP contribution in [0.4, 0.5) is 0 Å². The molecular weight excluding hydrogens is 204 g/mol. The highest BCUT2D eigenvalue weighted by Gasteiger charge is 2.06. The fourth-order valence-corrected chi connectivity index (χ4v) is 1.41. The van der Waals surface area contributed by atoms with Crippen LogP contribution in [0.2, 0.25) is 0 Å². The summed E-state index contributed by atoms with van der Waals surface area (Å²) in [5.74, 6) is -0.150. The lowest BCUT2D eigenvalue weighted by Crippen LogP contribution is -2.37. The van der Waals surface area contributed by atoms with E-state index in [1.807, 2.05) is 28.9 Å². The molecule has 3 N–H and O–H groups in total. The fourth-order valence-electron chi connectivity index (χ4n) is 1.41. The Balaban J connectivity index is 2.06. The summed E-state index contributed by atoms with van der Waals surface area (Å²) in [6, 6.07) is 3.40. The molecule has 5 heteroatoms. The quantitative estimate of drug-likeness (QED) is 0.778. The van der Waals surface area contributed by atoms with E-state index < -0.39 is 6.04 Å². The predicted molar refractivity (Wildman–Crippen MR) is 60.7 cm³/mol. The third-order valence-electron chi connectivity index (χ3n) is 2.34. The summed E-state index contributed by atoms with van der Waals surface area (Å²) in [5.41, 5.74) is 7.32. The van der Waals surface area contributed by atoms with Gasteiger partial charge in [-0.25, -0.2) is 4.98 Å². The molecule has 5 nitrogen and oxygen atoms in total. The highest BCUT2D eigenvalue weighted by molar-refractivity contribution is 5.80. The van der Waals surface area contributed by atoms with Crippen LogP contribution in [-0.2, 0) is 11.3 Å². The minimum absolute atomic E-state index is 0.150. The second-order valence-corrected chi connectivity index (χ2v) is 3.73. The van der Waals surface area contributed by atoms with Crippen LogP contribution in [0.15, 0.2) is 30.7 Å². The molecule has 2 heterocycles. The molecule has 0 aliphatic heterocycles. The second kappa shape index (κ2) is 4.32. The number of rotatable bonds is 3. The van der Waals surface area contributed by atoms with E-state index in [-0.39, 0.29) is 5.91 Å². The lowest BCUT2D eigenvalue weighted by atomic mass is 10.2. The topological polar surface area (TPSA) is 72.4 Å². The van der Waals surface area contributed by atoms with Crippen LogP contribution in [0.25, 0.3) is 5.65 Å². The SMILES string of the molecule is CC(N)C(=O)NCc1ccn2ccnc2c1. The van der Waals surface area contributed by atoms with E-state index in [1.165, 1.54) is 0 Å². The number of nitrogens with two attached hydrogens (primary N) is 1. The summed E-state index contributed by atoms with van der Waals surface area (Å²) in [7, 11) is 0. The Morgan fingerprint density at radius 1 is 1.62 bits per heavy atom. The van der Waals surface area contributed by atoms with E-state index in [0.717, 1.165) is 11.2 Å². The number of fused-ring (bicyclic) bond motifs is 1. The van der Waals surface area contributed by atoms with Gasteiger partial charge in [0.1, 0.15) is 5.65 Å². The van der Waals surface area contributed by atoms with Crippen molar-refractivity contribution in [3.63, 3.8) is 0 Å². The van der Waals surface area contributed by atoms with Crippen LogP contribution >= 0.6 is 0 Å². The Labute approximate surface area is 93.3 Å². The van der Waals surface area contributed by atoms with E-state index in [1.54, 1.807) is 13.1 Å². The Bertz CT molecular complexity index is 503. The summed E-state index contributed by atoms with van der Waals surface area (Å²) in [6.45, 7) is 2.14. The molecule has 0 fully saturated rings. The molecule has 0 radical (unpaired) electrons. The third kappa shape index (κ3) is 2.20. The number of carbonyl (C=O) groups is 1. The van der Waals surface area contributed by atoms with Gasteiger partial charge in [0.05, 0.1) is 6.04 Å². The van der Waals surface area contributed by atoms with Gasteiger partial charge in [0.15, 0.2) is 0 Å². The molecule has 0 aliphatic rings. The number of amides is 1. The molecule has 1 amide bonds. The first-order valence-corrected chi connectivity index (χ1v) is 5.12. The number of carbonyl (C=O) groups excluding carboxylic acids is 1. The summed E-state index contributed by atoms with van der Waals surface area (Å²) < 4.78 is 1.91. The zero-order valence-corrected chi connectivity index (χ0v) is 9.05. The third-order valence-corrected chi connectivity index (χ3v) is 2.34. The number of nitrogens with one attached hydrogen (secondary N) is 1. The molecule has 2 rings (SSSR count). The summed E-state index contributed by atoms with van der Waals surface area (Å²) in [4.78, 5) is 15.4. The number of pyridine rings is 1. The smallest absolute Gasteiger partial charge is 0.236 e. The highest BCUT2D eigenvalue weighted by atomic mass is 16.2. The summed E-state index contributed by atoms with van der Waals surface area (Å²) >= 11 is 0. The zero-order valence-electron chi connectivity index (χ0n) is 9.05. The molecule has 1 unspecified atom stereocenters. The van der Waals surface area contributed by atoms with E-state index >= 15 is 0 Å². The fraction of sp³-hybridized carbons (Fsp3) is 0.273. The van der Waals surface area contributed by atoms with Gasteiger partial charge in [-0.1, -0.05) is 0 Å². The molecule has 0 spiro atoms. The number of imidazole rings is 1. The minimum Gasteiger partial charge on any atom is -0.351 e. The normalized spacial score (nSPS) is 12.6. The van der Waals surface area contributed by atoms with Crippen LogP contribution in [0.5, 0.6) is 0 Å². The van der Waals surface area contributed by atoms with Crippen LogP contribution in [-0.4, -0.2) is 21.3 Å². The maximum absolute atomic E-state index is 11.3. The Hall–Kier alpha value is -1.88. The van der Waals surface area contributed by atoms with Crippen LogP contribution < -0.4 is 11.1 Å². The number of nitrogens with zero attached hydrogens (tertiary/aromatic N) is 2. The van der Waals surface area contributed by atoms with Gasteiger partial charge in [-0.3, -0.25) is 4.79 Å².